The monoisotopic (exact) mass is 255 g/mol. The van der Waals surface area contributed by atoms with Crippen LogP contribution in [0.3, 0.4) is 0 Å². The molecule has 2 aromatic heterocycles. The summed E-state index contributed by atoms with van der Waals surface area (Å²) in [7, 11) is -3.76. The fourth-order valence-corrected chi connectivity index (χ4v) is 2.10. The van der Waals surface area contributed by atoms with Crippen LogP contribution in [0.4, 0.5) is 5.95 Å². The molecule has 0 aliphatic rings. The molecule has 0 unspecified atom stereocenters. The van der Waals surface area contributed by atoms with E-state index in [0.29, 0.717) is 5.69 Å². The number of aromatic amines is 1. The summed E-state index contributed by atoms with van der Waals surface area (Å²) in [6, 6.07) is 1.32. The molecule has 0 fully saturated rings. The highest BCUT2D eigenvalue weighted by Crippen LogP contribution is 2.13. The molecule has 0 aromatic carbocycles. The molecule has 3 N–H and O–H groups in total. The first-order valence-corrected chi connectivity index (χ1v) is 6.05. The summed E-state index contributed by atoms with van der Waals surface area (Å²) in [6.45, 7) is -0.265. The fourth-order valence-electron chi connectivity index (χ4n) is 1.14. The van der Waals surface area contributed by atoms with Gasteiger partial charge < -0.3 is 10.1 Å². The summed E-state index contributed by atoms with van der Waals surface area (Å²) in [5.74, 6) is -0.112. The molecule has 9 heteroatoms. The number of aliphatic hydroxyl groups excluding tert-OH is 1. The minimum absolute atomic E-state index is 0.00555. The van der Waals surface area contributed by atoms with Crippen molar-refractivity contribution < 1.29 is 13.5 Å². The Kier molecular flexibility index (Phi) is 3.02. The predicted molar refractivity (Wildman–Crippen MR) is 57.4 cm³/mol. The van der Waals surface area contributed by atoms with Gasteiger partial charge in [-0.2, -0.15) is 5.10 Å². The molecule has 90 valence electrons. The number of hydrogen-bond acceptors (Lipinski definition) is 6. The summed E-state index contributed by atoms with van der Waals surface area (Å²) < 4.78 is 25.8. The number of rotatable bonds is 4. The first kappa shape index (κ1) is 11.5. The molecular weight excluding hydrogens is 246 g/mol. The van der Waals surface area contributed by atoms with Gasteiger partial charge in [0.25, 0.3) is 16.0 Å². The van der Waals surface area contributed by atoms with Gasteiger partial charge in [0.1, 0.15) is 4.90 Å². The fraction of sp³-hybridized carbons (Fsp3) is 0.125. The summed E-state index contributed by atoms with van der Waals surface area (Å²) in [4.78, 5) is 6.31. The van der Waals surface area contributed by atoms with E-state index in [-0.39, 0.29) is 17.5 Å². The van der Waals surface area contributed by atoms with Gasteiger partial charge in [0.2, 0.25) is 0 Å². The Bertz CT molecular complexity index is 595. The molecule has 0 bridgehead atoms. The lowest BCUT2D eigenvalue weighted by Crippen LogP contribution is -2.14. The average Bonchev–Trinajstić information content (AvgIpc) is 2.79. The number of nitrogens with zero attached hydrogens (tertiary/aromatic N) is 3. The van der Waals surface area contributed by atoms with Gasteiger partial charge in [-0.3, -0.25) is 0 Å². The SMILES string of the molecule is O=S(=O)(Nc1nccnn1)c1c[nH]c(CO)c1. The number of hydrogen-bond donors (Lipinski definition) is 3. The van der Waals surface area contributed by atoms with E-state index in [4.69, 9.17) is 5.11 Å². The normalized spacial score (nSPS) is 11.4. The molecule has 2 aromatic rings. The van der Waals surface area contributed by atoms with E-state index in [1.54, 1.807) is 0 Å². The number of nitrogens with one attached hydrogen (secondary N) is 2. The molecular formula is C8H9N5O3S. The molecule has 0 amide bonds. The van der Waals surface area contributed by atoms with E-state index in [9.17, 15) is 8.42 Å². The molecule has 0 saturated carbocycles. The van der Waals surface area contributed by atoms with E-state index in [1.807, 2.05) is 0 Å². The summed E-state index contributed by atoms with van der Waals surface area (Å²) in [5.41, 5.74) is 0.400. The maximum atomic E-state index is 11.8. The Labute approximate surface area is 96.8 Å². The van der Waals surface area contributed by atoms with Gasteiger partial charge in [-0.1, -0.05) is 0 Å². The Morgan fingerprint density at radius 2 is 2.24 bits per heavy atom. The van der Waals surface area contributed by atoms with Crippen LogP contribution in [-0.2, 0) is 16.6 Å². The minimum Gasteiger partial charge on any atom is -0.390 e. The van der Waals surface area contributed by atoms with Crippen LogP contribution in [0.25, 0.3) is 0 Å². The molecule has 2 rings (SSSR count). The lowest BCUT2D eigenvalue weighted by Gasteiger charge is -2.02. The van der Waals surface area contributed by atoms with Gasteiger partial charge in [0.05, 0.1) is 19.0 Å². The van der Waals surface area contributed by atoms with Crippen molar-refractivity contribution in [2.75, 3.05) is 4.72 Å². The van der Waals surface area contributed by atoms with Crippen molar-refractivity contribution in [3.8, 4) is 0 Å². The van der Waals surface area contributed by atoms with Crippen molar-refractivity contribution in [2.45, 2.75) is 11.5 Å². The number of aromatic nitrogens is 4. The Balaban J connectivity index is 2.25. The van der Waals surface area contributed by atoms with Crippen molar-refractivity contribution in [2.24, 2.45) is 0 Å². The second-order valence-corrected chi connectivity index (χ2v) is 4.77. The van der Waals surface area contributed by atoms with E-state index >= 15 is 0 Å². The molecule has 0 atom stereocenters. The standard InChI is InChI=1S/C8H9N5O3S/c14-5-6-3-7(4-10-6)17(15,16)13-8-9-1-2-11-12-8/h1-4,10,14H,5H2,(H,9,12,13). The molecule has 2 heterocycles. The van der Waals surface area contributed by atoms with Crippen LogP contribution in [-0.4, -0.2) is 33.7 Å². The van der Waals surface area contributed by atoms with Gasteiger partial charge in [-0.15, -0.1) is 5.10 Å². The van der Waals surface area contributed by atoms with Crippen molar-refractivity contribution in [3.63, 3.8) is 0 Å². The number of sulfonamides is 1. The van der Waals surface area contributed by atoms with Gasteiger partial charge in [-0.05, 0) is 6.07 Å². The maximum absolute atomic E-state index is 11.8. The molecule has 0 aliphatic heterocycles. The highest BCUT2D eigenvalue weighted by Gasteiger charge is 2.17. The molecule has 0 radical (unpaired) electrons. The zero-order valence-corrected chi connectivity index (χ0v) is 9.35. The third-order valence-electron chi connectivity index (χ3n) is 1.91. The van der Waals surface area contributed by atoms with E-state index in [2.05, 4.69) is 24.9 Å². The largest absolute Gasteiger partial charge is 0.390 e. The minimum atomic E-state index is -3.76. The zero-order valence-electron chi connectivity index (χ0n) is 8.53. The number of H-pyrrole nitrogens is 1. The first-order valence-electron chi connectivity index (χ1n) is 4.56. The van der Waals surface area contributed by atoms with Crippen LogP contribution in [0.1, 0.15) is 5.69 Å². The topological polar surface area (TPSA) is 121 Å². The van der Waals surface area contributed by atoms with E-state index in [0.717, 1.165) is 0 Å². The van der Waals surface area contributed by atoms with Crippen molar-refractivity contribution >= 4 is 16.0 Å². The molecule has 0 saturated heterocycles. The second-order valence-electron chi connectivity index (χ2n) is 3.09. The highest BCUT2D eigenvalue weighted by molar-refractivity contribution is 7.92. The number of anilines is 1. The summed E-state index contributed by atoms with van der Waals surface area (Å²) in [5, 5.41) is 15.8. The van der Waals surface area contributed by atoms with Crippen molar-refractivity contribution in [1.82, 2.24) is 20.2 Å². The van der Waals surface area contributed by atoms with Crippen LogP contribution in [0.2, 0.25) is 0 Å². The van der Waals surface area contributed by atoms with Crippen LogP contribution < -0.4 is 4.72 Å². The smallest absolute Gasteiger partial charge is 0.265 e. The van der Waals surface area contributed by atoms with Crippen LogP contribution >= 0.6 is 0 Å². The molecule has 17 heavy (non-hydrogen) atoms. The highest BCUT2D eigenvalue weighted by atomic mass is 32.2. The second kappa shape index (κ2) is 4.47. The van der Waals surface area contributed by atoms with E-state index < -0.39 is 10.0 Å². The summed E-state index contributed by atoms with van der Waals surface area (Å²) in [6.07, 6.45) is 3.92. The average molecular weight is 255 g/mol. The molecule has 8 nitrogen and oxygen atoms in total. The maximum Gasteiger partial charge on any atom is 0.265 e. The zero-order chi connectivity index (χ0) is 12.3. The van der Waals surface area contributed by atoms with Gasteiger partial charge in [0.15, 0.2) is 0 Å². The predicted octanol–water partition coefficient (Wildman–Crippen LogP) is -0.507. The van der Waals surface area contributed by atoms with Crippen LogP contribution in [0.15, 0.2) is 29.6 Å². The quantitative estimate of drug-likeness (QED) is 0.676. The lowest BCUT2D eigenvalue weighted by atomic mass is 10.5. The number of aliphatic hydroxyl groups is 1. The van der Waals surface area contributed by atoms with Gasteiger partial charge >= 0.3 is 0 Å². The Morgan fingerprint density at radius 1 is 1.41 bits per heavy atom. The van der Waals surface area contributed by atoms with Crippen LogP contribution in [0, 0.1) is 0 Å². The lowest BCUT2D eigenvalue weighted by molar-refractivity contribution is 0.277. The van der Waals surface area contributed by atoms with Crippen LogP contribution in [0.5, 0.6) is 0 Å². The van der Waals surface area contributed by atoms with Gasteiger partial charge in [-0.25, -0.2) is 18.1 Å². The molecule has 0 aliphatic carbocycles. The third kappa shape index (κ3) is 2.57. The molecule has 0 spiro atoms. The Morgan fingerprint density at radius 3 is 2.82 bits per heavy atom. The van der Waals surface area contributed by atoms with Crippen molar-refractivity contribution in [3.05, 3.63) is 30.4 Å². The summed E-state index contributed by atoms with van der Waals surface area (Å²) >= 11 is 0. The third-order valence-corrected chi connectivity index (χ3v) is 3.21. The van der Waals surface area contributed by atoms with E-state index in [1.165, 1.54) is 24.7 Å². The first-order chi connectivity index (χ1) is 8.12. The van der Waals surface area contributed by atoms with Crippen molar-refractivity contribution in [1.29, 1.82) is 0 Å². The van der Waals surface area contributed by atoms with Gasteiger partial charge in [0, 0.05) is 11.9 Å². The Hall–Kier alpha value is -2.00.